The van der Waals surface area contributed by atoms with Crippen molar-refractivity contribution >= 4 is 17.5 Å². The molecule has 0 spiro atoms. The highest BCUT2D eigenvalue weighted by molar-refractivity contribution is 7.99. The molecule has 0 saturated carbocycles. The molecule has 1 N–H and O–H groups in total. The summed E-state index contributed by atoms with van der Waals surface area (Å²) in [4.78, 5) is 25.0. The number of nitrogens with zero attached hydrogens (tertiary/aromatic N) is 3. The van der Waals surface area contributed by atoms with Crippen LogP contribution >= 0.6 is 11.8 Å². The molecule has 1 unspecified atom stereocenters. The summed E-state index contributed by atoms with van der Waals surface area (Å²) < 4.78 is 8.98. The van der Waals surface area contributed by atoms with Crippen LogP contribution in [0.1, 0.15) is 40.3 Å². The summed E-state index contributed by atoms with van der Waals surface area (Å²) in [5, 5.41) is 7.14. The van der Waals surface area contributed by atoms with E-state index >= 15 is 0 Å². The first-order valence-corrected chi connectivity index (χ1v) is 10.9. The molecule has 2 aromatic heterocycles. The maximum atomic E-state index is 12.9. The van der Waals surface area contributed by atoms with Gasteiger partial charge in [0.05, 0.1) is 18.4 Å². The molecule has 0 amide bonds. The van der Waals surface area contributed by atoms with Crippen molar-refractivity contribution in [3.05, 3.63) is 69.4 Å². The van der Waals surface area contributed by atoms with Crippen LogP contribution in [0.5, 0.6) is 0 Å². The van der Waals surface area contributed by atoms with Crippen LogP contribution in [0.3, 0.4) is 0 Å². The van der Waals surface area contributed by atoms with E-state index in [-0.39, 0.29) is 23.3 Å². The number of hydrogen-bond acceptors (Lipinski definition) is 5. The van der Waals surface area contributed by atoms with E-state index < -0.39 is 0 Å². The fraction of sp³-hybridized carbons (Fsp3) is 0.409. The van der Waals surface area contributed by atoms with Crippen molar-refractivity contribution in [3.63, 3.8) is 0 Å². The third-order valence-electron chi connectivity index (χ3n) is 5.16. The van der Waals surface area contributed by atoms with Gasteiger partial charge >= 0.3 is 5.69 Å². The molecule has 0 aliphatic carbocycles. The predicted molar refractivity (Wildman–Crippen MR) is 119 cm³/mol. The molecule has 0 radical (unpaired) electrons. The lowest BCUT2D eigenvalue weighted by Gasteiger charge is -2.17. The molecule has 3 rings (SSSR count). The highest BCUT2D eigenvalue weighted by Crippen LogP contribution is 2.23. The summed E-state index contributed by atoms with van der Waals surface area (Å²) >= 11 is 1.29. The molecule has 8 heteroatoms. The predicted octanol–water partition coefficient (Wildman–Crippen LogP) is 3.41. The minimum absolute atomic E-state index is 0.0222. The van der Waals surface area contributed by atoms with Gasteiger partial charge in [0.2, 0.25) is 0 Å². The van der Waals surface area contributed by atoms with Crippen molar-refractivity contribution in [3.8, 4) is 0 Å². The van der Waals surface area contributed by atoms with E-state index in [4.69, 9.17) is 4.74 Å². The van der Waals surface area contributed by atoms with Crippen molar-refractivity contribution in [2.45, 2.75) is 44.9 Å². The number of ether oxygens (including phenoxy) is 1. The van der Waals surface area contributed by atoms with E-state index in [1.54, 1.807) is 11.7 Å². The van der Waals surface area contributed by atoms with Crippen molar-refractivity contribution in [2.24, 2.45) is 0 Å². The van der Waals surface area contributed by atoms with Crippen molar-refractivity contribution in [1.82, 2.24) is 19.3 Å². The molecule has 0 bridgehead atoms. The lowest BCUT2D eigenvalue weighted by Crippen LogP contribution is -2.19. The van der Waals surface area contributed by atoms with Crippen LogP contribution in [0.15, 0.2) is 46.3 Å². The first kappa shape index (κ1) is 22.1. The van der Waals surface area contributed by atoms with E-state index in [1.165, 1.54) is 11.8 Å². The topological polar surface area (TPSA) is 81.9 Å². The van der Waals surface area contributed by atoms with Gasteiger partial charge in [-0.15, -0.1) is 5.10 Å². The van der Waals surface area contributed by atoms with E-state index in [1.807, 2.05) is 50.2 Å². The van der Waals surface area contributed by atoms with Crippen LogP contribution in [-0.2, 0) is 17.7 Å². The highest BCUT2D eigenvalue weighted by Gasteiger charge is 2.20. The Morgan fingerprint density at radius 1 is 1.27 bits per heavy atom. The number of methoxy groups -OCH3 is 1. The molecular formula is C22H28N4O3S. The molecule has 2 heterocycles. The quantitative estimate of drug-likeness (QED) is 0.395. The number of carbonyl (C=O) groups is 1. The Kier molecular flexibility index (Phi) is 7.33. The van der Waals surface area contributed by atoms with Gasteiger partial charge in [-0.25, -0.2) is 9.89 Å². The molecule has 3 aromatic rings. The fourth-order valence-corrected chi connectivity index (χ4v) is 4.61. The number of benzene rings is 1. The Bertz CT molecular complexity index is 1050. The molecule has 7 nitrogen and oxygen atoms in total. The van der Waals surface area contributed by atoms with E-state index in [9.17, 15) is 9.59 Å². The molecule has 0 saturated heterocycles. The average molecular weight is 429 g/mol. The monoisotopic (exact) mass is 428 g/mol. The number of aromatic nitrogens is 4. The first-order valence-electron chi connectivity index (χ1n) is 9.94. The molecule has 0 aliphatic heterocycles. The molecule has 1 aromatic carbocycles. The second-order valence-corrected chi connectivity index (χ2v) is 8.31. The second-order valence-electron chi connectivity index (χ2n) is 7.37. The zero-order chi connectivity index (χ0) is 21.7. The standard InChI is InChI=1S/C22H28N4O3S/c1-15-12-19(17(3)26(15)16(2)13-29-4)20(27)14-30-22-24-23-21(28)25(22)11-10-18-8-6-5-7-9-18/h5-9,12,16H,10-11,13-14H2,1-4H3,(H,23,28). The Morgan fingerprint density at radius 3 is 2.70 bits per heavy atom. The molecule has 30 heavy (non-hydrogen) atoms. The average Bonchev–Trinajstić information content (AvgIpc) is 3.24. The highest BCUT2D eigenvalue weighted by atomic mass is 32.2. The van der Waals surface area contributed by atoms with Gasteiger partial charge in [0.25, 0.3) is 0 Å². The van der Waals surface area contributed by atoms with E-state index in [0.29, 0.717) is 23.9 Å². The van der Waals surface area contributed by atoms with Gasteiger partial charge in [0.1, 0.15) is 0 Å². The van der Waals surface area contributed by atoms with Crippen molar-refractivity contribution in [1.29, 1.82) is 0 Å². The summed E-state index contributed by atoms with van der Waals surface area (Å²) in [6.07, 6.45) is 0.723. The molecule has 1 atom stereocenters. The molecule has 160 valence electrons. The largest absolute Gasteiger partial charge is 0.383 e. The normalized spacial score (nSPS) is 12.3. The smallest absolute Gasteiger partial charge is 0.343 e. The lowest BCUT2D eigenvalue weighted by molar-refractivity contribution is 0.102. The Labute approximate surface area is 180 Å². The number of ketones is 1. The van der Waals surface area contributed by atoms with Crippen LogP contribution in [0.4, 0.5) is 0 Å². The zero-order valence-electron chi connectivity index (χ0n) is 17.8. The first-order chi connectivity index (χ1) is 14.4. The summed E-state index contributed by atoms with van der Waals surface area (Å²) in [7, 11) is 1.68. The third-order valence-corrected chi connectivity index (χ3v) is 6.13. The van der Waals surface area contributed by atoms with Crippen LogP contribution in [0.2, 0.25) is 0 Å². The number of carbonyl (C=O) groups excluding carboxylic acids is 1. The second kappa shape index (κ2) is 9.95. The SMILES string of the molecule is COCC(C)n1c(C)cc(C(=O)CSc2n[nH]c(=O)n2CCc2ccccc2)c1C. The number of H-pyrrole nitrogens is 1. The minimum Gasteiger partial charge on any atom is -0.383 e. The van der Waals surface area contributed by atoms with Crippen LogP contribution in [0.25, 0.3) is 0 Å². The number of aryl methyl sites for hydroxylation is 2. The van der Waals surface area contributed by atoms with Crippen molar-refractivity contribution in [2.75, 3.05) is 19.5 Å². The number of hydrogen-bond donors (Lipinski definition) is 1. The van der Waals surface area contributed by atoms with Crippen LogP contribution in [0, 0.1) is 13.8 Å². The van der Waals surface area contributed by atoms with Crippen LogP contribution < -0.4 is 5.69 Å². The van der Waals surface area contributed by atoms with Gasteiger partial charge in [-0.3, -0.25) is 9.36 Å². The Morgan fingerprint density at radius 2 is 2.00 bits per heavy atom. The number of Topliss-reactive ketones (excluding diaryl/α,β-unsaturated/α-hetero) is 1. The Hall–Kier alpha value is -2.58. The summed E-state index contributed by atoms with van der Waals surface area (Å²) in [6.45, 7) is 7.12. The number of rotatable bonds is 10. The summed E-state index contributed by atoms with van der Waals surface area (Å²) in [5.74, 6) is 0.243. The van der Waals surface area contributed by atoms with E-state index in [2.05, 4.69) is 21.7 Å². The van der Waals surface area contributed by atoms with Gasteiger partial charge in [-0.1, -0.05) is 42.1 Å². The zero-order valence-corrected chi connectivity index (χ0v) is 18.7. The number of nitrogens with one attached hydrogen (secondary N) is 1. The van der Waals surface area contributed by atoms with Crippen LogP contribution in [-0.4, -0.2) is 44.6 Å². The van der Waals surface area contributed by atoms with Gasteiger partial charge in [0, 0.05) is 30.6 Å². The maximum absolute atomic E-state index is 12.9. The fourth-order valence-electron chi connectivity index (χ4n) is 3.76. The maximum Gasteiger partial charge on any atom is 0.343 e. The molecule has 0 aliphatic rings. The van der Waals surface area contributed by atoms with Gasteiger partial charge < -0.3 is 9.30 Å². The summed E-state index contributed by atoms with van der Waals surface area (Å²) in [6, 6.07) is 12.1. The van der Waals surface area contributed by atoms with Crippen molar-refractivity contribution < 1.29 is 9.53 Å². The lowest BCUT2D eigenvalue weighted by atomic mass is 10.1. The number of thioether (sulfide) groups is 1. The molecular weight excluding hydrogens is 400 g/mol. The van der Waals surface area contributed by atoms with Gasteiger partial charge in [0.15, 0.2) is 10.9 Å². The van der Waals surface area contributed by atoms with Gasteiger partial charge in [-0.2, -0.15) is 0 Å². The molecule has 0 fully saturated rings. The minimum atomic E-state index is -0.257. The van der Waals surface area contributed by atoms with E-state index in [0.717, 1.165) is 23.4 Å². The third kappa shape index (κ3) is 4.94. The summed E-state index contributed by atoms with van der Waals surface area (Å²) in [5.41, 5.74) is 3.57. The van der Waals surface area contributed by atoms with Gasteiger partial charge in [-0.05, 0) is 38.8 Å². The Balaban J connectivity index is 1.68. The number of aromatic amines is 1.